The molecule has 0 aromatic heterocycles. The summed E-state index contributed by atoms with van der Waals surface area (Å²) in [6.45, 7) is 10.2. The monoisotopic (exact) mass is 347 g/mol. The Kier molecular flexibility index (Phi) is 11.2. The molecule has 0 rings (SSSR count). The lowest BCUT2D eigenvalue weighted by Crippen LogP contribution is -2.49. The molecule has 0 saturated heterocycles. The Morgan fingerprint density at radius 2 is 1.87 bits per heavy atom. The first-order valence-electron chi connectivity index (χ1n) is 8.35. The summed E-state index contributed by atoms with van der Waals surface area (Å²) in [5.74, 6) is 0. The van der Waals surface area contributed by atoms with Crippen LogP contribution in [0.15, 0.2) is 0 Å². The second-order valence-electron chi connectivity index (χ2n) is 6.45. The summed E-state index contributed by atoms with van der Waals surface area (Å²) in [6.07, 6.45) is 0.585. The van der Waals surface area contributed by atoms with Gasteiger partial charge in [0.1, 0.15) is 11.4 Å². The van der Waals surface area contributed by atoms with Crippen molar-refractivity contribution in [1.29, 1.82) is 5.26 Å². The highest BCUT2D eigenvalue weighted by molar-refractivity contribution is 7.37. The highest BCUT2D eigenvalue weighted by Crippen LogP contribution is 2.43. The van der Waals surface area contributed by atoms with Gasteiger partial charge in [-0.25, -0.2) is 0 Å². The van der Waals surface area contributed by atoms with E-state index in [1.807, 2.05) is 13.0 Å². The van der Waals surface area contributed by atoms with Gasteiger partial charge in [0.25, 0.3) is 0 Å². The van der Waals surface area contributed by atoms with Gasteiger partial charge in [-0.15, -0.1) is 0 Å². The van der Waals surface area contributed by atoms with E-state index in [-0.39, 0.29) is 46.5 Å². The molecule has 4 atom stereocenters. The molecule has 7 heteroatoms. The lowest BCUT2D eigenvalue weighted by molar-refractivity contribution is -0.0879. The van der Waals surface area contributed by atoms with E-state index >= 15 is 0 Å². The molecule has 6 nitrogen and oxygen atoms in total. The topological polar surface area (TPSA) is 103 Å². The minimum atomic E-state index is -1.23. The maximum absolute atomic E-state index is 11.3. The number of hydrogen-bond acceptors (Lipinski definition) is 6. The molecule has 4 N–H and O–H groups in total. The standard InChI is InChI=1S/C16H34N3O3P/c1-6-14(18)10-16(21,15(11-20)22-9-7-8-17)23-19(12(2)3)13(4)5/h12-15,20-21,23H,6-7,9-11,18H2,1-5H3. The minimum Gasteiger partial charge on any atom is -0.394 e. The first-order valence-corrected chi connectivity index (χ1v) is 9.30. The summed E-state index contributed by atoms with van der Waals surface area (Å²) in [4.78, 5) is 0. The van der Waals surface area contributed by atoms with Gasteiger partial charge in [-0.3, -0.25) is 4.67 Å². The van der Waals surface area contributed by atoms with E-state index in [9.17, 15) is 10.2 Å². The van der Waals surface area contributed by atoms with Crippen LogP contribution >= 0.6 is 8.73 Å². The SMILES string of the molecule is CCC(N)CC(O)(PN(C(C)C)C(C)C)C(CO)OCCC#N. The molecule has 0 aliphatic heterocycles. The fraction of sp³-hybridized carbons (Fsp3) is 0.938. The van der Waals surface area contributed by atoms with Gasteiger partial charge in [-0.05, 0) is 49.3 Å². The molecule has 0 aliphatic rings. The highest BCUT2D eigenvalue weighted by atomic mass is 31.1. The van der Waals surface area contributed by atoms with Crippen LogP contribution in [0.1, 0.15) is 53.9 Å². The number of ether oxygens (including phenoxy) is 1. The lowest BCUT2D eigenvalue weighted by atomic mass is 10.0. The third kappa shape index (κ3) is 7.89. The first kappa shape index (κ1) is 22.7. The van der Waals surface area contributed by atoms with Crippen molar-refractivity contribution >= 4 is 8.73 Å². The summed E-state index contributed by atoms with van der Waals surface area (Å²) in [6, 6.07) is 2.36. The van der Waals surface area contributed by atoms with Crippen molar-refractivity contribution in [3.8, 4) is 6.07 Å². The Hall–Kier alpha value is -0.280. The van der Waals surface area contributed by atoms with Crippen LogP contribution in [0.3, 0.4) is 0 Å². The molecule has 0 bridgehead atoms. The zero-order valence-electron chi connectivity index (χ0n) is 15.1. The molecular weight excluding hydrogens is 313 g/mol. The van der Waals surface area contributed by atoms with Crippen LogP contribution in [0.2, 0.25) is 0 Å². The van der Waals surface area contributed by atoms with Gasteiger partial charge in [-0.1, -0.05) is 6.92 Å². The van der Waals surface area contributed by atoms with Crippen molar-refractivity contribution in [2.45, 2.75) is 83.5 Å². The largest absolute Gasteiger partial charge is 0.394 e. The average molecular weight is 347 g/mol. The quantitative estimate of drug-likeness (QED) is 0.367. The Labute approximate surface area is 142 Å². The smallest absolute Gasteiger partial charge is 0.124 e. The minimum absolute atomic E-state index is 0.0639. The average Bonchev–Trinajstić information content (AvgIpc) is 2.48. The van der Waals surface area contributed by atoms with Crippen LogP contribution < -0.4 is 5.73 Å². The van der Waals surface area contributed by atoms with Crippen molar-refractivity contribution in [2.75, 3.05) is 13.2 Å². The first-order chi connectivity index (χ1) is 10.7. The summed E-state index contributed by atoms with van der Waals surface area (Å²) in [5, 5.41) is 28.4. The second-order valence-corrected chi connectivity index (χ2v) is 8.06. The van der Waals surface area contributed by atoms with Gasteiger partial charge in [0.05, 0.1) is 25.7 Å². The molecule has 0 aliphatic carbocycles. The van der Waals surface area contributed by atoms with Gasteiger partial charge in [0, 0.05) is 18.1 Å². The Morgan fingerprint density at radius 1 is 1.30 bits per heavy atom. The number of rotatable bonds is 12. The molecule has 0 fully saturated rings. The molecule has 0 heterocycles. The number of aliphatic hydroxyl groups excluding tert-OH is 1. The highest BCUT2D eigenvalue weighted by Gasteiger charge is 2.41. The van der Waals surface area contributed by atoms with Crippen LogP contribution in [-0.4, -0.2) is 57.7 Å². The number of nitriles is 1. The summed E-state index contributed by atoms with van der Waals surface area (Å²) in [5.41, 5.74) is 6.07. The Bertz CT molecular complexity index is 355. The summed E-state index contributed by atoms with van der Waals surface area (Å²) >= 11 is 0. The number of nitrogens with two attached hydrogens (primary N) is 1. The molecule has 0 spiro atoms. The van der Waals surface area contributed by atoms with E-state index in [4.69, 9.17) is 15.7 Å². The molecule has 4 unspecified atom stereocenters. The van der Waals surface area contributed by atoms with Crippen molar-refractivity contribution in [3.05, 3.63) is 0 Å². The van der Waals surface area contributed by atoms with Crippen LogP contribution in [0, 0.1) is 11.3 Å². The van der Waals surface area contributed by atoms with E-state index in [2.05, 4.69) is 32.4 Å². The van der Waals surface area contributed by atoms with Crippen molar-refractivity contribution in [2.24, 2.45) is 5.73 Å². The summed E-state index contributed by atoms with van der Waals surface area (Å²) in [7, 11) is 0.0639. The second kappa shape index (κ2) is 11.3. The van der Waals surface area contributed by atoms with Crippen LogP contribution in [0.4, 0.5) is 0 Å². The Morgan fingerprint density at radius 3 is 2.26 bits per heavy atom. The van der Waals surface area contributed by atoms with Crippen LogP contribution in [0.25, 0.3) is 0 Å². The van der Waals surface area contributed by atoms with Gasteiger partial charge in [0.2, 0.25) is 0 Å². The molecule has 0 radical (unpaired) electrons. The summed E-state index contributed by atoms with van der Waals surface area (Å²) < 4.78 is 7.80. The van der Waals surface area contributed by atoms with Gasteiger partial charge in [0.15, 0.2) is 0 Å². The zero-order valence-corrected chi connectivity index (χ0v) is 16.1. The van der Waals surface area contributed by atoms with E-state index in [0.717, 1.165) is 6.42 Å². The van der Waals surface area contributed by atoms with E-state index in [1.54, 1.807) is 0 Å². The van der Waals surface area contributed by atoms with E-state index < -0.39 is 11.4 Å². The predicted octanol–water partition coefficient (Wildman–Crippen LogP) is 1.81. The zero-order chi connectivity index (χ0) is 18.0. The maximum Gasteiger partial charge on any atom is 0.124 e. The van der Waals surface area contributed by atoms with Crippen LogP contribution in [-0.2, 0) is 4.74 Å². The third-order valence-electron chi connectivity index (χ3n) is 3.76. The molecule has 0 aromatic rings. The van der Waals surface area contributed by atoms with Crippen molar-refractivity contribution in [3.63, 3.8) is 0 Å². The normalized spacial score (nSPS) is 17.8. The molecule has 0 amide bonds. The van der Waals surface area contributed by atoms with E-state index in [1.165, 1.54) is 0 Å². The maximum atomic E-state index is 11.3. The Balaban J connectivity index is 5.30. The molecule has 136 valence electrons. The fourth-order valence-corrected chi connectivity index (χ4v) is 4.10. The van der Waals surface area contributed by atoms with Gasteiger partial charge >= 0.3 is 0 Å². The predicted molar refractivity (Wildman–Crippen MR) is 95.3 cm³/mol. The third-order valence-corrected chi connectivity index (χ3v) is 5.97. The van der Waals surface area contributed by atoms with E-state index in [0.29, 0.717) is 6.42 Å². The van der Waals surface area contributed by atoms with Crippen molar-refractivity contribution < 1.29 is 14.9 Å². The number of aliphatic hydroxyl groups is 2. The van der Waals surface area contributed by atoms with Crippen molar-refractivity contribution in [1.82, 2.24) is 4.67 Å². The van der Waals surface area contributed by atoms with Crippen LogP contribution in [0.5, 0.6) is 0 Å². The molecular formula is C16H34N3O3P. The number of nitrogens with zero attached hydrogens (tertiary/aromatic N) is 2. The fourth-order valence-electron chi connectivity index (χ4n) is 2.46. The molecule has 23 heavy (non-hydrogen) atoms. The molecule has 0 saturated carbocycles. The molecule has 0 aromatic carbocycles. The van der Waals surface area contributed by atoms with Gasteiger partial charge < -0.3 is 20.7 Å². The lowest BCUT2D eigenvalue weighted by Gasteiger charge is -2.43. The number of hydrogen-bond donors (Lipinski definition) is 3. The van der Waals surface area contributed by atoms with Gasteiger partial charge in [-0.2, -0.15) is 5.26 Å².